The van der Waals surface area contributed by atoms with E-state index in [4.69, 9.17) is 4.74 Å². The predicted octanol–water partition coefficient (Wildman–Crippen LogP) is 4.18. The van der Waals surface area contributed by atoms with Gasteiger partial charge in [-0.15, -0.1) is 0 Å². The molecule has 1 aliphatic carbocycles. The lowest BCUT2D eigenvalue weighted by atomic mass is 9.98. The van der Waals surface area contributed by atoms with Crippen LogP contribution in [0.15, 0.2) is 18.3 Å². The highest BCUT2D eigenvalue weighted by Crippen LogP contribution is 2.29. The number of hydrogen-bond acceptors (Lipinski definition) is 6. The fourth-order valence-electron chi connectivity index (χ4n) is 2.93. The number of aryl methyl sites for hydroxylation is 1. The van der Waals surface area contributed by atoms with Crippen LogP contribution in [0, 0.1) is 6.92 Å². The second-order valence-corrected chi connectivity index (χ2v) is 6.73. The molecule has 1 aliphatic rings. The quantitative estimate of drug-likeness (QED) is 0.751. The Hall–Kier alpha value is -2.15. The lowest BCUT2D eigenvalue weighted by Crippen LogP contribution is -2.20. The van der Waals surface area contributed by atoms with E-state index >= 15 is 0 Å². The summed E-state index contributed by atoms with van der Waals surface area (Å²) in [5.74, 6) is 1.18. The lowest BCUT2D eigenvalue weighted by Gasteiger charge is -2.22. The SMILES string of the molecule is Cc1cc(Nc2nc(OC3CCCCC3)c3[nH]ccc3n2)sn1. The number of aromatic nitrogens is 4. The Morgan fingerprint density at radius 3 is 2.91 bits per heavy atom. The molecule has 3 aromatic heterocycles. The van der Waals surface area contributed by atoms with Gasteiger partial charge in [0, 0.05) is 6.20 Å². The van der Waals surface area contributed by atoms with Crippen LogP contribution >= 0.6 is 11.5 Å². The molecule has 4 rings (SSSR count). The number of aromatic amines is 1. The van der Waals surface area contributed by atoms with Crippen molar-refractivity contribution in [2.24, 2.45) is 0 Å². The Bertz CT molecular complexity index is 806. The third-order valence-electron chi connectivity index (χ3n) is 4.07. The first-order valence-corrected chi connectivity index (χ1v) is 8.77. The fourth-order valence-corrected chi connectivity index (χ4v) is 3.59. The van der Waals surface area contributed by atoms with Crippen molar-refractivity contribution in [2.45, 2.75) is 45.1 Å². The smallest absolute Gasteiger partial charge is 0.243 e. The number of hydrogen-bond donors (Lipinski definition) is 2. The first-order valence-electron chi connectivity index (χ1n) is 8.00. The van der Waals surface area contributed by atoms with Crippen molar-refractivity contribution in [3.63, 3.8) is 0 Å². The molecule has 0 bridgehead atoms. The molecule has 6 nitrogen and oxygen atoms in total. The van der Waals surface area contributed by atoms with Crippen LogP contribution in [0.4, 0.5) is 10.9 Å². The van der Waals surface area contributed by atoms with Gasteiger partial charge in [0.25, 0.3) is 0 Å². The molecular formula is C16H19N5OS. The second kappa shape index (κ2) is 6.16. The van der Waals surface area contributed by atoms with Crippen LogP contribution in [0.5, 0.6) is 5.88 Å². The zero-order valence-corrected chi connectivity index (χ0v) is 13.8. The Morgan fingerprint density at radius 2 is 2.13 bits per heavy atom. The highest BCUT2D eigenvalue weighted by atomic mass is 32.1. The number of ether oxygens (including phenoxy) is 1. The first kappa shape index (κ1) is 14.4. The molecule has 7 heteroatoms. The summed E-state index contributed by atoms with van der Waals surface area (Å²) in [4.78, 5) is 12.3. The maximum Gasteiger partial charge on any atom is 0.243 e. The second-order valence-electron chi connectivity index (χ2n) is 5.93. The normalized spacial score (nSPS) is 15.9. The monoisotopic (exact) mass is 329 g/mol. The molecule has 0 aromatic carbocycles. The number of nitrogens with one attached hydrogen (secondary N) is 2. The maximum absolute atomic E-state index is 6.18. The van der Waals surface area contributed by atoms with E-state index in [1.165, 1.54) is 30.8 Å². The van der Waals surface area contributed by atoms with Gasteiger partial charge in [-0.05, 0) is 56.3 Å². The molecule has 120 valence electrons. The zero-order chi connectivity index (χ0) is 15.6. The van der Waals surface area contributed by atoms with Crippen LogP contribution in [-0.2, 0) is 0 Å². The Balaban J connectivity index is 1.63. The van der Waals surface area contributed by atoms with Gasteiger partial charge in [0.2, 0.25) is 11.8 Å². The maximum atomic E-state index is 6.18. The Morgan fingerprint density at radius 1 is 1.26 bits per heavy atom. The largest absolute Gasteiger partial charge is 0.473 e. The number of nitrogens with zero attached hydrogens (tertiary/aromatic N) is 3. The van der Waals surface area contributed by atoms with Gasteiger partial charge in [0.15, 0.2) is 0 Å². The number of rotatable bonds is 4. The van der Waals surface area contributed by atoms with Crippen LogP contribution in [0.3, 0.4) is 0 Å². The van der Waals surface area contributed by atoms with Gasteiger partial charge < -0.3 is 15.0 Å². The van der Waals surface area contributed by atoms with Crippen LogP contribution in [0.25, 0.3) is 11.0 Å². The van der Waals surface area contributed by atoms with Crippen molar-refractivity contribution in [3.05, 3.63) is 24.0 Å². The summed E-state index contributed by atoms with van der Waals surface area (Å²) in [5.41, 5.74) is 2.70. The van der Waals surface area contributed by atoms with E-state index in [1.807, 2.05) is 25.3 Å². The van der Waals surface area contributed by atoms with E-state index in [2.05, 4.69) is 24.6 Å². The summed E-state index contributed by atoms with van der Waals surface area (Å²) in [6.45, 7) is 1.97. The van der Waals surface area contributed by atoms with Gasteiger partial charge >= 0.3 is 0 Å². The molecule has 0 spiro atoms. The van der Waals surface area contributed by atoms with Crippen LogP contribution < -0.4 is 10.1 Å². The number of fused-ring (bicyclic) bond motifs is 1. The molecule has 1 fully saturated rings. The van der Waals surface area contributed by atoms with E-state index in [-0.39, 0.29) is 6.10 Å². The predicted molar refractivity (Wildman–Crippen MR) is 91.5 cm³/mol. The molecule has 2 N–H and O–H groups in total. The standard InChI is InChI=1S/C16H19N5OS/c1-10-9-13(23-21-10)19-16-18-12-7-8-17-14(12)15(20-16)22-11-5-3-2-4-6-11/h7-9,11,17H,2-6H2,1H3,(H,18,19,20). The summed E-state index contributed by atoms with van der Waals surface area (Å²) in [6.07, 6.45) is 8.09. The van der Waals surface area contributed by atoms with Gasteiger partial charge in [-0.25, -0.2) is 4.98 Å². The van der Waals surface area contributed by atoms with E-state index < -0.39 is 0 Å². The van der Waals surface area contributed by atoms with Gasteiger partial charge in [-0.3, -0.25) is 0 Å². The zero-order valence-electron chi connectivity index (χ0n) is 13.0. The molecule has 3 heterocycles. The topological polar surface area (TPSA) is 75.7 Å². The van der Waals surface area contributed by atoms with Crippen LogP contribution in [0.2, 0.25) is 0 Å². The van der Waals surface area contributed by atoms with Gasteiger partial charge in [0.05, 0.1) is 11.2 Å². The molecular weight excluding hydrogens is 310 g/mol. The van der Waals surface area contributed by atoms with Crippen molar-refractivity contribution in [1.29, 1.82) is 0 Å². The van der Waals surface area contributed by atoms with Crippen molar-refractivity contribution in [1.82, 2.24) is 19.3 Å². The number of anilines is 2. The highest BCUT2D eigenvalue weighted by molar-refractivity contribution is 7.10. The minimum absolute atomic E-state index is 0.253. The van der Waals surface area contributed by atoms with Crippen molar-refractivity contribution >= 4 is 33.5 Å². The Labute approximate surface area is 138 Å². The summed E-state index contributed by atoms with van der Waals surface area (Å²) in [5, 5.41) is 4.16. The van der Waals surface area contributed by atoms with Gasteiger partial charge in [0.1, 0.15) is 16.6 Å². The molecule has 0 atom stereocenters. The van der Waals surface area contributed by atoms with Crippen LogP contribution in [0.1, 0.15) is 37.8 Å². The molecule has 3 aromatic rings. The van der Waals surface area contributed by atoms with Gasteiger partial charge in [-0.1, -0.05) is 6.42 Å². The molecule has 0 aliphatic heterocycles. The molecule has 1 saturated carbocycles. The van der Waals surface area contributed by atoms with E-state index in [1.54, 1.807) is 0 Å². The van der Waals surface area contributed by atoms with Crippen LogP contribution in [-0.4, -0.2) is 25.4 Å². The Kier molecular flexibility index (Phi) is 3.87. The highest BCUT2D eigenvalue weighted by Gasteiger charge is 2.18. The summed E-state index contributed by atoms with van der Waals surface area (Å²) >= 11 is 1.40. The fraction of sp³-hybridized carbons (Fsp3) is 0.438. The minimum atomic E-state index is 0.253. The van der Waals surface area contributed by atoms with E-state index in [0.717, 1.165) is 34.6 Å². The average Bonchev–Trinajstić information content (AvgIpc) is 3.17. The summed E-state index contributed by atoms with van der Waals surface area (Å²) in [6, 6.07) is 3.92. The molecule has 23 heavy (non-hydrogen) atoms. The van der Waals surface area contributed by atoms with Crippen molar-refractivity contribution < 1.29 is 4.74 Å². The molecule has 0 saturated heterocycles. The average molecular weight is 329 g/mol. The van der Waals surface area contributed by atoms with Gasteiger partial charge in [-0.2, -0.15) is 9.36 Å². The molecule has 0 radical (unpaired) electrons. The minimum Gasteiger partial charge on any atom is -0.473 e. The molecule has 0 unspecified atom stereocenters. The van der Waals surface area contributed by atoms with E-state index in [0.29, 0.717) is 11.8 Å². The van der Waals surface area contributed by atoms with Crippen molar-refractivity contribution in [3.8, 4) is 5.88 Å². The summed E-state index contributed by atoms with van der Waals surface area (Å²) in [7, 11) is 0. The van der Waals surface area contributed by atoms with Crippen molar-refractivity contribution in [2.75, 3.05) is 5.32 Å². The molecule has 0 amide bonds. The van der Waals surface area contributed by atoms with E-state index in [9.17, 15) is 0 Å². The third kappa shape index (κ3) is 3.14. The first-order chi connectivity index (χ1) is 11.3. The lowest BCUT2D eigenvalue weighted by molar-refractivity contribution is 0.150. The number of H-pyrrole nitrogens is 1. The third-order valence-corrected chi connectivity index (χ3v) is 4.86. The summed E-state index contributed by atoms with van der Waals surface area (Å²) < 4.78 is 10.4.